The molecular formula is C16H22N2OS. The van der Waals surface area contributed by atoms with E-state index in [4.69, 9.17) is 17.0 Å². The summed E-state index contributed by atoms with van der Waals surface area (Å²) in [4.78, 5) is 3.34. The van der Waals surface area contributed by atoms with Gasteiger partial charge in [-0.2, -0.15) is 0 Å². The monoisotopic (exact) mass is 290 g/mol. The van der Waals surface area contributed by atoms with Gasteiger partial charge in [-0.3, -0.25) is 0 Å². The second kappa shape index (κ2) is 5.24. The lowest BCUT2D eigenvalue weighted by atomic mass is 9.80. The maximum atomic E-state index is 5.89. The molecule has 20 heavy (non-hydrogen) atoms. The predicted molar refractivity (Wildman–Crippen MR) is 84.9 cm³/mol. The summed E-state index contributed by atoms with van der Waals surface area (Å²) in [7, 11) is 0. The van der Waals surface area contributed by atoms with Crippen LogP contribution in [0.15, 0.2) is 18.2 Å². The zero-order valence-electron chi connectivity index (χ0n) is 12.3. The Morgan fingerprint density at radius 3 is 2.65 bits per heavy atom. The van der Waals surface area contributed by atoms with Crippen molar-refractivity contribution in [3.8, 4) is 5.75 Å². The molecule has 108 valence electrons. The number of nitrogens with zero attached hydrogens (tertiary/aromatic N) is 1. The molecule has 1 N–H and O–H groups in total. The highest BCUT2D eigenvalue weighted by atomic mass is 32.1. The van der Waals surface area contributed by atoms with Crippen LogP contribution in [0.1, 0.15) is 46.1 Å². The van der Waals surface area contributed by atoms with E-state index in [2.05, 4.69) is 22.5 Å². The Kier molecular flexibility index (Phi) is 3.59. The minimum atomic E-state index is 0.162. The van der Waals surface area contributed by atoms with E-state index in [-0.39, 0.29) is 6.10 Å². The van der Waals surface area contributed by atoms with Crippen LogP contribution >= 0.6 is 12.2 Å². The average molecular weight is 290 g/mol. The highest BCUT2D eigenvalue weighted by Gasteiger charge is 2.27. The molecule has 0 radical (unpaired) electrons. The van der Waals surface area contributed by atoms with Crippen LogP contribution in [-0.4, -0.2) is 15.7 Å². The molecule has 4 heteroatoms. The van der Waals surface area contributed by atoms with Gasteiger partial charge in [0.15, 0.2) is 4.77 Å². The van der Waals surface area contributed by atoms with Crippen LogP contribution in [0, 0.1) is 10.7 Å². The van der Waals surface area contributed by atoms with Crippen molar-refractivity contribution in [2.45, 2.75) is 52.2 Å². The lowest BCUT2D eigenvalue weighted by molar-refractivity contribution is 0.224. The largest absolute Gasteiger partial charge is 0.489 e. The van der Waals surface area contributed by atoms with Gasteiger partial charge >= 0.3 is 0 Å². The third kappa shape index (κ3) is 2.26. The molecular weight excluding hydrogens is 268 g/mol. The number of H-pyrrole nitrogens is 1. The first-order valence-corrected chi connectivity index (χ1v) is 7.88. The number of aromatic amines is 1. The molecule has 1 aromatic carbocycles. The van der Waals surface area contributed by atoms with Gasteiger partial charge in [0.05, 0.1) is 11.6 Å². The number of aromatic nitrogens is 2. The molecule has 1 aliphatic carbocycles. The zero-order chi connectivity index (χ0) is 14.3. The molecule has 0 aliphatic heterocycles. The fraction of sp³-hybridized carbons (Fsp3) is 0.562. The maximum Gasteiger partial charge on any atom is 0.178 e. The summed E-state index contributed by atoms with van der Waals surface area (Å²) in [5, 5.41) is 0. The van der Waals surface area contributed by atoms with Crippen LogP contribution in [0.4, 0.5) is 0 Å². The third-order valence-corrected chi connectivity index (χ3v) is 4.62. The predicted octanol–water partition coefficient (Wildman–Crippen LogP) is 4.85. The summed E-state index contributed by atoms with van der Waals surface area (Å²) in [6.45, 7) is 6.37. The first kappa shape index (κ1) is 13.7. The number of para-hydroxylation sites is 1. The Bertz CT molecular complexity index is 667. The van der Waals surface area contributed by atoms with Crippen LogP contribution < -0.4 is 4.74 Å². The second-order valence-corrected chi connectivity index (χ2v) is 6.44. The van der Waals surface area contributed by atoms with Crippen LogP contribution in [0.25, 0.3) is 11.0 Å². The first-order chi connectivity index (χ1) is 9.58. The minimum absolute atomic E-state index is 0.162. The molecule has 1 fully saturated rings. The van der Waals surface area contributed by atoms with Crippen molar-refractivity contribution in [2.24, 2.45) is 5.92 Å². The number of benzene rings is 1. The molecule has 1 aliphatic rings. The number of imidazole rings is 1. The fourth-order valence-electron chi connectivity index (χ4n) is 3.01. The molecule has 3 rings (SSSR count). The maximum absolute atomic E-state index is 5.89. The van der Waals surface area contributed by atoms with Gasteiger partial charge in [-0.05, 0) is 63.9 Å². The molecule has 0 amide bonds. The van der Waals surface area contributed by atoms with E-state index in [0.717, 1.165) is 27.5 Å². The summed E-state index contributed by atoms with van der Waals surface area (Å²) < 4.78 is 8.96. The number of nitrogens with one attached hydrogen (secondary N) is 1. The van der Waals surface area contributed by atoms with Crippen LogP contribution in [0.5, 0.6) is 5.75 Å². The highest BCUT2D eigenvalue weighted by Crippen LogP contribution is 2.38. The molecule has 1 aromatic heterocycles. The quantitative estimate of drug-likeness (QED) is 0.816. The van der Waals surface area contributed by atoms with Gasteiger partial charge < -0.3 is 14.3 Å². The summed E-state index contributed by atoms with van der Waals surface area (Å²) >= 11 is 5.55. The molecule has 1 saturated carbocycles. The van der Waals surface area contributed by atoms with Gasteiger partial charge in [0, 0.05) is 6.04 Å². The van der Waals surface area contributed by atoms with Gasteiger partial charge in [0.25, 0.3) is 0 Å². The Morgan fingerprint density at radius 1 is 1.30 bits per heavy atom. The number of ether oxygens (including phenoxy) is 1. The number of hydrogen-bond acceptors (Lipinski definition) is 2. The highest BCUT2D eigenvalue weighted by molar-refractivity contribution is 7.71. The standard InChI is InChI=1S/C16H22N2OS/c1-10(2)19-14-9-5-8-13-15(14)17-16(20)18(13)11(3)12-6-4-7-12/h5,8-12H,4,6-7H2,1-3H3,(H,17,20). The van der Waals surface area contributed by atoms with Gasteiger partial charge in [0.1, 0.15) is 11.3 Å². The van der Waals surface area contributed by atoms with Crippen molar-refractivity contribution in [2.75, 3.05) is 0 Å². The van der Waals surface area contributed by atoms with Crippen molar-refractivity contribution in [1.29, 1.82) is 0 Å². The zero-order valence-corrected chi connectivity index (χ0v) is 13.2. The molecule has 2 aromatic rings. The average Bonchev–Trinajstić information content (AvgIpc) is 2.63. The van der Waals surface area contributed by atoms with E-state index in [1.54, 1.807) is 0 Å². The van der Waals surface area contributed by atoms with Gasteiger partial charge in [-0.25, -0.2) is 0 Å². The van der Waals surface area contributed by atoms with Crippen LogP contribution in [0.2, 0.25) is 0 Å². The van der Waals surface area contributed by atoms with E-state index in [9.17, 15) is 0 Å². The molecule has 0 saturated heterocycles. The minimum Gasteiger partial charge on any atom is -0.489 e. The van der Waals surface area contributed by atoms with E-state index in [1.165, 1.54) is 19.3 Å². The molecule has 1 atom stereocenters. The number of hydrogen-bond donors (Lipinski definition) is 1. The van der Waals surface area contributed by atoms with Crippen molar-refractivity contribution >= 4 is 23.3 Å². The molecule has 0 spiro atoms. The van der Waals surface area contributed by atoms with Crippen LogP contribution in [0.3, 0.4) is 0 Å². The summed E-state index contributed by atoms with van der Waals surface area (Å²) in [6.07, 6.45) is 4.15. The van der Waals surface area contributed by atoms with Crippen molar-refractivity contribution in [3.63, 3.8) is 0 Å². The normalized spacial score (nSPS) is 17.4. The Hall–Kier alpha value is -1.29. The second-order valence-electron chi connectivity index (χ2n) is 6.05. The van der Waals surface area contributed by atoms with Crippen molar-refractivity contribution in [3.05, 3.63) is 23.0 Å². The summed E-state index contributed by atoms with van der Waals surface area (Å²) in [5.41, 5.74) is 2.19. The Labute approximate surface area is 125 Å². The van der Waals surface area contributed by atoms with E-state index in [1.807, 2.05) is 26.0 Å². The first-order valence-electron chi connectivity index (χ1n) is 7.48. The van der Waals surface area contributed by atoms with Gasteiger partial charge in [0.2, 0.25) is 0 Å². The third-order valence-electron chi connectivity index (χ3n) is 4.32. The fourth-order valence-corrected chi connectivity index (χ4v) is 3.38. The van der Waals surface area contributed by atoms with E-state index >= 15 is 0 Å². The summed E-state index contributed by atoms with van der Waals surface area (Å²) in [6, 6.07) is 6.64. The Morgan fingerprint density at radius 2 is 2.05 bits per heavy atom. The lowest BCUT2D eigenvalue weighted by Crippen LogP contribution is -2.22. The van der Waals surface area contributed by atoms with Gasteiger partial charge in [-0.15, -0.1) is 0 Å². The molecule has 3 nitrogen and oxygen atoms in total. The Balaban J connectivity index is 2.09. The van der Waals surface area contributed by atoms with E-state index in [0.29, 0.717) is 6.04 Å². The SMILES string of the molecule is CC(C)Oc1cccc2c1[nH]c(=S)n2C(C)C1CCC1. The molecule has 1 heterocycles. The number of fused-ring (bicyclic) bond motifs is 1. The molecule has 0 bridgehead atoms. The summed E-state index contributed by atoms with van der Waals surface area (Å²) in [5.74, 6) is 1.65. The van der Waals surface area contributed by atoms with Crippen molar-refractivity contribution in [1.82, 2.24) is 9.55 Å². The topological polar surface area (TPSA) is 29.9 Å². The van der Waals surface area contributed by atoms with Gasteiger partial charge in [-0.1, -0.05) is 12.5 Å². The smallest absolute Gasteiger partial charge is 0.178 e. The number of rotatable bonds is 4. The van der Waals surface area contributed by atoms with Crippen LogP contribution in [-0.2, 0) is 0 Å². The molecule has 1 unspecified atom stereocenters. The van der Waals surface area contributed by atoms with E-state index < -0.39 is 0 Å². The van der Waals surface area contributed by atoms with Crippen molar-refractivity contribution < 1.29 is 4.74 Å². The lowest BCUT2D eigenvalue weighted by Gasteiger charge is -2.32.